The molecule has 4 heteroatoms. The van der Waals surface area contributed by atoms with Crippen molar-refractivity contribution in [1.82, 2.24) is 0 Å². The number of benzene rings is 1. The number of hydrogen-bond donors (Lipinski definition) is 0. The molecule has 0 N–H and O–H groups in total. The quantitative estimate of drug-likeness (QED) is 0.431. The van der Waals surface area contributed by atoms with Crippen molar-refractivity contribution in [2.75, 3.05) is 0 Å². The van der Waals surface area contributed by atoms with E-state index in [0.29, 0.717) is 5.41 Å². The fourth-order valence-corrected chi connectivity index (χ4v) is 21.3. The molecule has 1 aromatic rings. The minimum Gasteiger partial charge on any atom is -0.147 e. The van der Waals surface area contributed by atoms with Gasteiger partial charge in [-0.15, -0.1) is 24.8 Å². The molecule has 0 bridgehead atoms. The second-order valence-corrected chi connectivity index (χ2v) is 25.4. The van der Waals surface area contributed by atoms with Gasteiger partial charge in [0.1, 0.15) is 0 Å². The first kappa shape index (κ1) is 22.2. The normalized spacial score (nSPS) is 18.1. The topological polar surface area (TPSA) is 0 Å². The first-order valence-corrected chi connectivity index (χ1v) is 17.1. The molecule has 2 aliphatic carbocycles. The maximum atomic E-state index is 2.56. The number of rotatable bonds is 2. The SMILES string of the molecule is C[Si](C)=[Zr]([C]1=CC=C(C(C)(C)C)C1)[CH]1C=Cc2ccccc21.Cl.Cl. The zero-order chi connectivity index (χ0) is 15.9. The average molecular weight is 459 g/mol. The minimum atomic E-state index is -1.62. The van der Waals surface area contributed by atoms with Gasteiger partial charge in [-0.05, 0) is 0 Å². The molecule has 0 aromatic heterocycles. The number of halogens is 2. The van der Waals surface area contributed by atoms with Gasteiger partial charge >= 0.3 is 144 Å². The third kappa shape index (κ3) is 4.44. The maximum Gasteiger partial charge on any atom is -0.147 e. The molecule has 0 saturated carbocycles. The van der Waals surface area contributed by atoms with Crippen LogP contribution in [0, 0.1) is 5.41 Å². The fraction of sp³-hybridized carbons (Fsp3) is 0.400. The number of allylic oxidation sites excluding steroid dienone is 5. The van der Waals surface area contributed by atoms with E-state index in [1.54, 1.807) is 11.1 Å². The van der Waals surface area contributed by atoms with E-state index in [9.17, 15) is 0 Å². The zero-order valence-corrected chi connectivity index (χ0v) is 20.3. The van der Waals surface area contributed by atoms with E-state index in [0.717, 1.165) is 3.63 Å². The molecule has 0 saturated heterocycles. The van der Waals surface area contributed by atoms with Crippen LogP contribution in [0.15, 0.2) is 51.3 Å². The standard InChI is InChI=1S/C9H7.C9H13.C2H6Si.2ClH.Zr/c1-2-5-9-7-3-6-8(9)4-1;1-9(2,3)8-6-4-5-7-8;1-3-2;;;/h1-7H;4,6H,7H2,1-3H3;1-2H3;2*1H;. The first-order chi connectivity index (χ1) is 10.4. The molecule has 24 heavy (non-hydrogen) atoms. The molecular weight excluding hydrogens is 430 g/mol. The summed E-state index contributed by atoms with van der Waals surface area (Å²) in [7, 11) is 0. The van der Waals surface area contributed by atoms with Crippen LogP contribution in [0.2, 0.25) is 13.1 Å². The van der Waals surface area contributed by atoms with Gasteiger partial charge in [0.15, 0.2) is 0 Å². The van der Waals surface area contributed by atoms with Crippen molar-refractivity contribution in [3.05, 3.63) is 62.5 Å². The number of hydrogen-bond acceptors (Lipinski definition) is 0. The third-order valence-electron chi connectivity index (χ3n) is 4.82. The van der Waals surface area contributed by atoms with Crippen molar-refractivity contribution in [2.24, 2.45) is 5.41 Å². The van der Waals surface area contributed by atoms with Gasteiger partial charge in [0.25, 0.3) is 0 Å². The summed E-state index contributed by atoms with van der Waals surface area (Å²) in [6.45, 7) is 12.2. The Hall–Kier alpha value is 0.120. The van der Waals surface area contributed by atoms with Crippen molar-refractivity contribution >= 4 is 36.3 Å². The summed E-state index contributed by atoms with van der Waals surface area (Å²) in [6, 6.07) is 9.05. The summed E-state index contributed by atoms with van der Waals surface area (Å²) in [4.78, 5) is 0. The van der Waals surface area contributed by atoms with Gasteiger partial charge in [0.2, 0.25) is 0 Å². The summed E-state index contributed by atoms with van der Waals surface area (Å²) in [5.74, 6) is 0. The van der Waals surface area contributed by atoms with Gasteiger partial charge in [-0.3, -0.25) is 0 Å². The van der Waals surface area contributed by atoms with Crippen molar-refractivity contribution in [1.29, 1.82) is 0 Å². The van der Waals surface area contributed by atoms with Crippen LogP contribution in [0.1, 0.15) is 41.9 Å². The molecule has 3 rings (SSSR count). The molecule has 130 valence electrons. The van der Waals surface area contributed by atoms with Gasteiger partial charge in [0, 0.05) is 0 Å². The van der Waals surface area contributed by atoms with Crippen LogP contribution in [0.5, 0.6) is 0 Å². The van der Waals surface area contributed by atoms with E-state index in [2.05, 4.69) is 82.4 Å². The summed E-state index contributed by atoms with van der Waals surface area (Å²) in [5, 5.41) is 0. The Morgan fingerprint density at radius 3 is 2.29 bits per heavy atom. The van der Waals surface area contributed by atoms with Crippen LogP contribution in [0.25, 0.3) is 6.08 Å². The monoisotopic (exact) mass is 456 g/mol. The molecule has 2 aliphatic rings. The molecule has 1 unspecified atom stereocenters. The predicted molar refractivity (Wildman–Crippen MR) is 110 cm³/mol. The van der Waals surface area contributed by atoms with Crippen LogP contribution < -0.4 is 0 Å². The Morgan fingerprint density at radius 2 is 1.71 bits per heavy atom. The molecule has 0 spiro atoms. The largest absolute Gasteiger partial charge is 0.147 e. The smallest absolute Gasteiger partial charge is 0.147 e. The van der Waals surface area contributed by atoms with Gasteiger partial charge in [-0.2, -0.15) is 0 Å². The fourth-order valence-electron chi connectivity index (χ4n) is 3.56. The molecule has 0 aliphatic heterocycles. The Labute approximate surface area is 167 Å². The van der Waals surface area contributed by atoms with Crippen molar-refractivity contribution in [3.63, 3.8) is 0 Å². The zero-order valence-electron chi connectivity index (χ0n) is 15.2. The molecule has 0 radical (unpaired) electrons. The van der Waals surface area contributed by atoms with Crippen LogP contribution in [0.3, 0.4) is 0 Å². The third-order valence-corrected chi connectivity index (χ3v) is 22.9. The van der Waals surface area contributed by atoms with E-state index < -0.39 is 20.4 Å². The second-order valence-electron chi connectivity index (χ2n) is 7.69. The van der Waals surface area contributed by atoms with Crippen LogP contribution >= 0.6 is 24.8 Å². The number of fused-ring (bicyclic) bond motifs is 1. The molecule has 1 atom stereocenters. The summed E-state index contributed by atoms with van der Waals surface area (Å²) in [6.07, 6.45) is 11.1. The predicted octanol–water partition coefficient (Wildman–Crippen LogP) is 6.73. The van der Waals surface area contributed by atoms with Crippen LogP contribution in [-0.2, 0) is 20.4 Å². The van der Waals surface area contributed by atoms with E-state index in [4.69, 9.17) is 0 Å². The summed E-state index contributed by atoms with van der Waals surface area (Å²) >= 11 is -1.62. The average Bonchev–Trinajstić information content (AvgIpc) is 3.06. The minimum absolute atomic E-state index is 0. The maximum absolute atomic E-state index is 2.56. The molecule has 0 fully saturated rings. The molecule has 0 heterocycles. The van der Waals surface area contributed by atoms with Gasteiger partial charge < -0.3 is 0 Å². The van der Waals surface area contributed by atoms with E-state index in [1.165, 1.54) is 12.0 Å². The van der Waals surface area contributed by atoms with Crippen molar-refractivity contribution in [3.8, 4) is 0 Å². The van der Waals surface area contributed by atoms with Crippen LogP contribution in [-0.4, -0.2) is 5.43 Å². The van der Waals surface area contributed by atoms with Gasteiger partial charge in [-0.25, -0.2) is 0 Å². The van der Waals surface area contributed by atoms with Crippen molar-refractivity contribution < 1.29 is 20.4 Å². The Bertz CT molecular complexity index is 732. The van der Waals surface area contributed by atoms with E-state index in [1.807, 2.05) is 3.28 Å². The van der Waals surface area contributed by atoms with E-state index in [-0.39, 0.29) is 30.2 Å². The molecular formula is C20H28Cl2SiZr. The first-order valence-electron chi connectivity index (χ1n) is 8.23. The van der Waals surface area contributed by atoms with Gasteiger partial charge in [-0.1, -0.05) is 0 Å². The molecule has 0 nitrogen and oxygen atoms in total. The van der Waals surface area contributed by atoms with Gasteiger partial charge in [0.05, 0.1) is 0 Å². The summed E-state index contributed by atoms with van der Waals surface area (Å²) in [5.41, 5.74) is 4.84. The second kappa shape index (κ2) is 8.67. The Kier molecular flexibility index (Phi) is 8.01. The Morgan fingerprint density at radius 1 is 1.04 bits per heavy atom. The Balaban J connectivity index is 0.00000144. The molecule has 1 aromatic carbocycles. The van der Waals surface area contributed by atoms with E-state index >= 15 is 0 Å². The van der Waals surface area contributed by atoms with Crippen molar-refractivity contribution in [2.45, 2.75) is 43.9 Å². The van der Waals surface area contributed by atoms with Crippen LogP contribution in [0.4, 0.5) is 0 Å². The molecule has 0 amide bonds. The summed E-state index contributed by atoms with van der Waals surface area (Å²) < 4.78 is 2.64.